The summed E-state index contributed by atoms with van der Waals surface area (Å²) in [5.41, 5.74) is 2.35. The van der Waals surface area contributed by atoms with Crippen molar-refractivity contribution in [3.05, 3.63) is 41.2 Å². The van der Waals surface area contributed by atoms with Gasteiger partial charge < -0.3 is 20.1 Å². The topological polar surface area (TPSA) is 90.3 Å². The smallest absolute Gasteiger partial charge is 0.273 e. The molecule has 0 spiro atoms. The molecule has 1 amide bonds. The number of piperidine rings is 1. The van der Waals surface area contributed by atoms with E-state index in [0.29, 0.717) is 31.5 Å². The largest absolute Gasteiger partial charge is 0.491 e. The Morgan fingerprint density at radius 2 is 2.11 bits per heavy atom. The van der Waals surface area contributed by atoms with Crippen LogP contribution in [0.1, 0.15) is 40.5 Å². The molecule has 1 saturated heterocycles. The zero-order chi connectivity index (χ0) is 19.1. The van der Waals surface area contributed by atoms with Gasteiger partial charge in [-0.15, -0.1) is 17.5 Å². The van der Waals surface area contributed by atoms with Crippen molar-refractivity contribution in [2.75, 3.05) is 33.4 Å². The second-order valence-electron chi connectivity index (χ2n) is 6.70. The van der Waals surface area contributed by atoms with Crippen LogP contribution in [0.5, 0.6) is 5.75 Å². The molecule has 1 aliphatic rings. The minimum absolute atomic E-state index is 0. The lowest BCUT2D eigenvalue weighted by Crippen LogP contribution is -2.29. The third kappa shape index (κ3) is 5.92. The molecule has 2 N–H and O–H groups in total. The van der Waals surface area contributed by atoms with E-state index in [9.17, 15) is 4.79 Å². The molecule has 2 aromatic rings. The van der Waals surface area contributed by atoms with Gasteiger partial charge in [0.1, 0.15) is 12.4 Å². The van der Waals surface area contributed by atoms with E-state index in [4.69, 9.17) is 9.47 Å². The number of carbonyl (C=O) groups excluding carboxylic acids is 1. The van der Waals surface area contributed by atoms with Crippen molar-refractivity contribution in [3.63, 3.8) is 0 Å². The monoisotopic (exact) mass is 409 g/mol. The number of nitrogens with one attached hydrogen (secondary N) is 2. The van der Waals surface area contributed by atoms with Crippen LogP contribution in [0.2, 0.25) is 0 Å². The van der Waals surface area contributed by atoms with Crippen LogP contribution in [0, 0.1) is 6.92 Å². The number of methoxy groups -OCH3 is 1. The molecule has 0 atom stereocenters. The SMILES string of the molecule is COCCOc1cc(C)ccc1CNC(=O)c1cn(C2CCNCC2)nn1.Cl. The molecule has 1 aromatic heterocycles. The van der Waals surface area contributed by atoms with Gasteiger partial charge in [0.05, 0.1) is 18.8 Å². The summed E-state index contributed by atoms with van der Waals surface area (Å²) < 4.78 is 12.6. The average Bonchev–Trinajstić information content (AvgIpc) is 3.18. The Morgan fingerprint density at radius 3 is 2.86 bits per heavy atom. The summed E-state index contributed by atoms with van der Waals surface area (Å²) >= 11 is 0. The molecule has 0 radical (unpaired) electrons. The van der Waals surface area contributed by atoms with Gasteiger partial charge in [0.25, 0.3) is 5.91 Å². The zero-order valence-corrected chi connectivity index (χ0v) is 17.1. The zero-order valence-electron chi connectivity index (χ0n) is 16.3. The molecule has 3 rings (SSSR count). The fourth-order valence-electron chi connectivity index (χ4n) is 3.07. The molecule has 0 aliphatic carbocycles. The van der Waals surface area contributed by atoms with Crippen LogP contribution < -0.4 is 15.4 Å². The van der Waals surface area contributed by atoms with Crippen LogP contribution in [0.15, 0.2) is 24.4 Å². The van der Waals surface area contributed by atoms with Gasteiger partial charge in [-0.05, 0) is 44.5 Å². The molecular formula is C19H28ClN5O3. The van der Waals surface area contributed by atoms with E-state index in [1.54, 1.807) is 18.0 Å². The summed E-state index contributed by atoms with van der Waals surface area (Å²) in [7, 11) is 1.64. The van der Waals surface area contributed by atoms with Crippen LogP contribution >= 0.6 is 12.4 Å². The number of aryl methyl sites for hydroxylation is 1. The molecule has 2 heterocycles. The lowest BCUT2D eigenvalue weighted by Gasteiger charge is -2.22. The first-order valence-corrected chi connectivity index (χ1v) is 9.29. The molecule has 154 valence electrons. The van der Waals surface area contributed by atoms with Crippen LogP contribution in [-0.4, -0.2) is 54.3 Å². The minimum atomic E-state index is -0.237. The second-order valence-corrected chi connectivity index (χ2v) is 6.70. The summed E-state index contributed by atoms with van der Waals surface area (Å²) in [5, 5.41) is 14.4. The summed E-state index contributed by atoms with van der Waals surface area (Å²) in [6.07, 6.45) is 3.72. The lowest BCUT2D eigenvalue weighted by atomic mass is 10.1. The van der Waals surface area contributed by atoms with Gasteiger partial charge in [-0.1, -0.05) is 17.3 Å². The highest BCUT2D eigenvalue weighted by atomic mass is 35.5. The number of ether oxygens (including phenoxy) is 2. The molecule has 8 nitrogen and oxygen atoms in total. The maximum Gasteiger partial charge on any atom is 0.273 e. The van der Waals surface area contributed by atoms with E-state index >= 15 is 0 Å². The first-order valence-electron chi connectivity index (χ1n) is 9.29. The molecular weight excluding hydrogens is 382 g/mol. The number of halogens is 1. The Morgan fingerprint density at radius 1 is 1.32 bits per heavy atom. The summed E-state index contributed by atoms with van der Waals surface area (Å²) in [5.74, 6) is 0.518. The van der Waals surface area contributed by atoms with Crippen LogP contribution in [0.3, 0.4) is 0 Å². The Hall–Kier alpha value is -2.16. The summed E-state index contributed by atoms with van der Waals surface area (Å²) in [6, 6.07) is 6.23. The van der Waals surface area contributed by atoms with Gasteiger partial charge in [-0.25, -0.2) is 4.68 Å². The fourth-order valence-corrected chi connectivity index (χ4v) is 3.07. The van der Waals surface area contributed by atoms with Gasteiger partial charge in [0, 0.05) is 19.2 Å². The van der Waals surface area contributed by atoms with E-state index in [-0.39, 0.29) is 18.3 Å². The summed E-state index contributed by atoms with van der Waals surface area (Å²) in [6.45, 7) is 5.27. The molecule has 0 bridgehead atoms. The van der Waals surface area contributed by atoms with Crippen LogP contribution in [0.25, 0.3) is 0 Å². The van der Waals surface area contributed by atoms with Gasteiger partial charge >= 0.3 is 0 Å². The quantitative estimate of drug-likeness (QED) is 0.647. The van der Waals surface area contributed by atoms with Crippen LogP contribution in [-0.2, 0) is 11.3 Å². The van der Waals surface area contributed by atoms with Gasteiger partial charge in [-0.3, -0.25) is 4.79 Å². The van der Waals surface area contributed by atoms with Crippen molar-refractivity contribution in [3.8, 4) is 5.75 Å². The third-order valence-electron chi connectivity index (χ3n) is 4.63. The number of nitrogens with zero attached hydrogens (tertiary/aromatic N) is 3. The van der Waals surface area contributed by atoms with E-state index in [1.165, 1.54) is 0 Å². The Kier molecular flexibility index (Phi) is 8.69. The van der Waals surface area contributed by atoms with Crippen molar-refractivity contribution in [1.82, 2.24) is 25.6 Å². The van der Waals surface area contributed by atoms with E-state index in [2.05, 4.69) is 20.9 Å². The normalized spacial score (nSPS) is 14.4. The van der Waals surface area contributed by atoms with Crippen molar-refractivity contribution >= 4 is 18.3 Å². The van der Waals surface area contributed by atoms with E-state index in [1.807, 2.05) is 25.1 Å². The van der Waals surface area contributed by atoms with Crippen molar-refractivity contribution < 1.29 is 14.3 Å². The molecule has 0 saturated carbocycles. The number of amides is 1. The highest BCUT2D eigenvalue weighted by Gasteiger charge is 2.19. The average molecular weight is 410 g/mol. The minimum Gasteiger partial charge on any atom is -0.491 e. The van der Waals surface area contributed by atoms with Gasteiger partial charge in [0.2, 0.25) is 0 Å². The predicted octanol–water partition coefficient (Wildman–Crippen LogP) is 1.89. The Labute approximate surface area is 171 Å². The molecule has 9 heteroatoms. The maximum absolute atomic E-state index is 12.5. The first kappa shape index (κ1) is 22.1. The number of aromatic nitrogens is 3. The Balaban J connectivity index is 0.00000280. The van der Waals surface area contributed by atoms with Gasteiger partial charge in [0.15, 0.2) is 5.69 Å². The molecule has 1 aliphatic heterocycles. The van der Waals surface area contributed by atoms with Crippen molar-refractivity contribution in [2.24, 2.45) is 0 Å². The predicted molar refractivity (Wildman–Crippen MR) is 108 cm³/mol. The van der Waals surface area contributed by atoms with Crippen molar-refractivity contribution in [2.45, 2.75) is 32.4 Å². The fraction of sp³-hybridized carbons (Fsp3) is 0.526. The maximum atomic E-state index is 12.5. The lowest BCUT2D eigenvalue weighted by molar-refractivity contribution is 0.0945. The number of hydrogen-bond acceptors (Lipinski definition) is 6. The molecule has 0 unspecified atom stereocenters. The van der Waals surface area contributed by atoms with Crippen molar-refractivity contribution in [1.29, 1.82) is 0 Å². The van der Waals surface area contributed by atoms with E-state index in [0.717, 1.165) is 42.8 Å². The van der Waals surface area contributed by atoms with E-state index < -0.39 is 0 Å². The first-order chi connectivity index (χ1) is 13.2. The number of rotatable bonds is 8. The molecule has 1 fully saturated rings. The second kappa shape index (κ2) is 11.0. The third-order valence-corrected chi connectivity index (χ3v) is 4.63. The van der Waals surface area contributed by atoms with Gasteiger partial charge in [-0.2, -0.15) is 0 Å². The number of hydrogen-bond donors (Lipinski definition) is 2. The standard InChI is InChI=1S/C19H27N5O3.ClH/c1-14-3-4-15(18(11-14)27-10-9-26-2)12-21-19(25)17-13-24(23-22-17)16-5-7-20-8-6-16;/h3-4,11,13,16,20H,5-10,12H2,1-2H3,(H,21,25);1H. The number of carbonyl (C=O) groups is 1. The highest BCUT2D eigenvalue weighted by Crippen LogP contribution is 2.21. The summed E-state index contributed by atoms with van der Waals surface area (Å²) in [4.78, 5) is 12.5. The van der Waals surface area contributed by atoms with Crippen LogP contribution in [0.4, 0.5) is 0 Å². The molecule has 1 aromatic carbocycles. The highest BCUT2D eigenvalue weighted by molar-refractivity contribution is 5.91. The Bertz CT molecular complexity index is 762. The number of benzene rings is 1. The molecule has 28 heavy (non-hydrogen) atoms.